The summed E-state index contributed by atoms with van der Waals surface area (Å²) in [6.45, 7) is 22.6. The largest absolute Gasteiger partial charge is 0.504 e. The van der Waals surface area contributed by atoms with Crippen LogP contribution in [0, 0.1) is 0 Å². The molecule has 0 aromatic heterocycles. The van der Waals surface area contributed by atoms with Gasteiger partial charge in [-0.15, -0.1) is 0 Å². The molecule has 2 aromatic carbocycles. The standard InChI is InChI=1S/C52H78N6O16/c1-49(2,3)71-45(65)53-21-15-24-56(46(66)72-50(4,5)6)22-13-14-23-57(47(67)73-51(7,8)9)25-16-26-58(48(68)74-52(10,11)12)28-30-17-19-31(20-18-30)43(63)54-36-34-32-27-33-42(70-29-69-33)38(59)35(32)44(64)55-37(34)40(61)41(62)39(36)60/h17-20,27,34,36-37,39-41,59-62H,13-16,21-26,28-29H2,1-12H3,(H,53,65)(H,54,63)(H,55,64)/t34-,36+,37+,39-,40-,41+/m0/s1. The Labute approximate surface area is 433 Å². The van der Waals surface area contributed by atoms with Crippen molar-refractivity contribution in [3.8, 4) is 17.2 Å². The van der Waals surface area contributed by atoms with Crippen molar-refractivity contribution in [3.05, 3.63) is 52.6 Å². The van der Waals surface area contributed by atoms with Crippen molar-refractivity contribution in [1.29, 1.82) is 0 Å². The molecule has 1 fully saturated rings. The van der Waals surface area contributed by atoms with Crippen LogP contribution < -0.4 is 25.4 Å². The minimum absolute atomic E-state index is 0.0445. The molecule has 3 aliphatic rings. The quantitative estimate of drug-likeness (QED) is 0.0760. The van der Waals surface area contributed by atoms with Gasteiger partial charge in [0.25, 0.3) is 11.8 Å². The number of rotatable bonds is 17. The zero-order valence-corrected chi connectivity index (χ0v) is 44.9. The van der Waals surface area contributed by atoms with Crippen LogP contribution in [0.4, 0.5) is 19.2 Å². The predicted molar refractivity (Wildman–Crippen MR) is 269 cm³/mol. The van der Waals surface area contributed by atoms with Gasteiger partial charge in [-0.25, -0.2) is 19.2 Å². The van der Waals surface area contributed by atoms with Gasteiger partial charge in [0.2, 0.25) is 12.5 Å². The Kier molecular flexibility index (Phi) is 19.0. The molecule has 1 saturated carbocycles. The lowest BCUT2D eigenvalue weighted by molar-refractivity contribution is -0.117. The second-order valence-corrected chi connectivity index (χ2v) is 22.8. The lowest BCUT2D eigenvalue weighted by atomic mass is 9.68. The number of benzene rings is 2. The highest BCUT2D eigenvalue weighted by Crippen LogP contribution is 2.50. The lowest BCUT2D eigenvalue weighted by Crippen LogP contribution is -2.69. The molecule has 22 heteroatoms. The van der Waals surface area contributed by atoms with Crippen LogP contribution in [0.15, 0.2) is 30.3 Å². The molecular weight excluding hydrogens is 965 g/mol. The molecule has 7 N–H and O–H groups in total. The van der Waals surface area contributed by atoms with Crippen molar-refractivity contribution in [1.82, 2.24) is 30.7 Å². The number of unbranched alkanes of at least 4 members (excludes halogenated alkanes) is 1. The fourth-order valence-electron chi connectivity index (χ4n) is 8.63. The summed E-state index contributed by atoms with van der Waals surface area (Å²) < 4.78 is 33.3. The number of nitrogens with zero attached hydrogens (tertiary/aromatic N) is 3. The average molecular weight is 1040 g/mol. The molecular formula is C52H78N6O16. The van der Waals surface area contributed by atoms with Crippen LogP contribution in [0.3, 0.4) is 0 Å². The third-order valence-electron chi connectivity index (χ3n) is 11.8. The maximum absolute atomic E-state index is 13.9. The van der Waals surface area contributed by atoms with Crippen LogP contribution >= 0.6 is 0 Å². The number of hydrogen-bond acceptors (Lipinski definition) is 16. The number of fused-ring (bicyclic) bond motifs is 4. The summed E-state index contributed by atoms with van der Waals surface area (Å²) in [6, 6.07) is 5.34. The number of alkyl carbamates (subject to hydrolysis) is 1. The highest BCUT2D eigenvalue weighted by atomic mass is 16.7. The molecule has 2 aromatic rings. The Balaban J connectivity index is 1.25. The molecule has 0 saturated heterocycles. The van der Waals surface area contributed by atoms with Crippen molar-refractivity contribution in [2.24, 2.45) is 0 Å². The topological polar surface area (TPSA) is 285 Å². The number of nitrogens with one attached hydrogen (secondary N) is 3. The molecule has 2 heterocycles. The first-order valence-electron chi connectivity index (χ1n) is 25.1. The number of phenolic OH excluding ortho intramolecular Hbond substituents is 1. The van der Waals surface area contributed by atoms with E-state index < -0.39 is 101 Å². The Bertz CT molecular complexity index is 2320. The molecule has 2 aliphatic heterocycles. The summed E-state index contributed by atoms with van der Waals surface area (Å²) in [5, 5.41) is 52.2. The smallest absolute Gasteiger partial charge is 0.410 e. The Hall–Kier alpha value is -6.26. The number of carbonyl (C=O) groups excluding carboxylic acids is 6. The van der Waals surface area contributed by atoms with Crippen LogP contribution in [-0.4, -0.2) is 170 Å². The van der Waals surface area contributed by atoms with Gasteiger partial charge in [-0.05, 0) is 138 Å². The van der Waals surface area contributed by atoms with Gasteiger partial charge >= 0.3 is 24.4 Å². The summed E-state index contributed by atoms with van der Waals surface area (Å²) in [5.41, 5.74) is -2.26. The zero-order chi connectivity index (χ0) is 55.1. The van der Waals surface area contributed by atoms with E-state index in [1.165, 1.54) is 23.1 Å². The predicted octanol–water partition coefficient (Wildman–Crippen LogP) is 5.51. The average Bonchev–Trinajstić information content (AvgIpc) is 3.75. The Morgan fingerprint density at radius 3 is 1.70 bits per heavy atom. The van der Waals surface area contributed by atoms with Crippen LogP contribution in [0.2, 0.25) is 0 Å². The van der Waals surface area contributed by atoms with Crippen molar-refractivity contribution in [2.75, 3.05) is 46.1 Å². The van der Waals surface area contributed by atoms with Crippen LogP contribution in [-0.2, 0) is 25.5 Å². The number of phenols is 1. The van der Waals surface area contributed by atoms with Crippen LogP contribution in [0.1, 0.15) is 147 Å². The normalized spacial score (nSPS) is 20.2. The second-order valence-electron chi connectivity index (χ2n) is 22.8. The fraction of sp³-hybridized carbons (Fsp3) is 0.654. The number of aliphatic hydroxyl groups excluding tert-OH is 3. The molecule has 412 valence electrons. The van der Waals surface area contributed by atoms with Crippen LogP contribution in [0.5, 0.6) is 17.2 Å². The number of carbonyl (C=O) groups is 6. The number of ether oxygens (including phenoxy) is 6. The first kappa shape index (κ1) is 58.6. The van der Waals surface area contributed by atoms with E-state index in [4.69, 9.17) is 28.4 Å². The summed E-state index contributed by atoms with van der Waals surface area (Å²) in [5.74, 6) is -2.86. The minimum Gasteiger partial charge on any atom is -0.504 e. The van der Waals surface area contributed by atoms with Gasteiger partial charge in [-0.3, -0.25) is 9.59 Å². The van der Waals surface area contributed by atoms with E-state index in [0.29, 0.717) is 44.3 Å². The third-order valence-corrected chi connectivity index (χ3v) is 11.8. The monoisotopic (exact) mass is 1040 g/mol. The molecule has 0 bridgehead atoms. The highest BCUT2D eigenvalue weighted by Gasteiger charge is 2.55. The van der Waals surface area contributed by atoms with Crippen LogP contribution in [0.25, 0.3) is 0 Å². The van der Waals surface area contributed by atoms with Crippen molar-refractivity contribution < 1.29 is 77.6 Å². The first-order valence-corrected chi connectivity index (χ1v) is 25.1. The second kappa shape index (κ2) is 24.0. The fourth-order valence-corrected chi connectivity index (χ4v) is 8.63. The lowest BCUT2D eigenvalue weighted by Gasteiger charge is -2.49. The van der Waals surface area contributed by atoms with Gasteiger partial charge < -0.3 is 79.5 Å². The number of aliphatic hydroxyl groups is 3. The van der Waals surface area contributed by atoms with E-state index in [1.54, 1.807) is 105 Å². The third kappa shape index (κ3) is 16.4. The molecule has 6 amide bonds. The van der Waals surface area contributed by atoms with Crippen molar-refractivity contribution in [2.45, 2.75) is 174 Å². The molecule has 74 heavy (non-hydrogen) atoms. The maximum Gasteiger partial charge on any atom is 0.410 e. The Morgan fingerprint density at radius 1 is 0.662 bits per heavy atom. The molecule has 0 spiro atoms. The maximum atomic E-state index is 13.9. The van der Waals surface area contributed by atoms with Crippen molar-refractivity contribution >= 4 is 36.2 Å². The van der Waals surface area contributed by atoms with Gasteiger partial charge in [0.05, 0.1) is 17.6 Å². The minimum atomic E-state index is -1.76. The summed E-state index contributed by atoms with van der Waals surface area (Å²) in [4.78, 5) is 84.4. The molecule has 0 radical (unpaired) electrons. The molecule has 6 atom stereocenters. The van der Waals surface area contributed by atoms with E-state index >= 15 is 0 Å². The van der Waals surface area contributed by atoms with E-state index in [-0.39, 0.29) is 67.7 Å². The van der Waals surface area contributed by atoms with Gasteiger partial charge in [0, 0.05) is 57.3 Å². The van der Waals surface area contributed by atoms with Gasteiger partial charge in [-0.2, -0.15) is 0 Å². The van der Waals surface area contributed by atoms with Gasteiger partial charge in [0.15, 0.2) is 11.5 Å². The SMILES string of the molecule is CC(C)(C)OC(=O)NCCCN(CCCCN(CCCN(Cc1ccc(C(=O)N[C@H]2[C@H](O)[C@@H](O)[C@@H](O)[C@@H]3NC(=O)c4c(cc5c(c4O)OCO5)[C@@H]23)cc1)C(=O)OC(C)(C)C)C(=O)OC(C)(C)C)C(=O)OC(C)(C)C. The highest BCUT2D eigenvalue weighted by molar-refractivity contribution is 6.02. The molecule has 5 rings (SSSR count). The number of hydrogen-bond donors (Lipinski definition) is 7. The van der Waals surface area contributed by atoms with Gasteiger partial charge in [0.1, 0.15) is 40.7 Å². The zero-order valence-electron chi connectivity index (χ0n) is 44.9. The van der Waals surface area contributed by atoms with Crippen molar-refractivity contribution in [3.63, 3.8) is 0 Å². The molecule has 22 nitrogen and oxygen atoms in total. The summed E-state index contributed by atoms with van der Waals surface area (Å²) in [7, 11) is 0. The number of amides is 6. The Morgan fingerprint density at radius 2 is 1.16 bits per heavy atom. The first-order chi connectivity index (χ1) is 34.3. The number of aromatic hydroxyl groups is 1. The summed E-state index contributed by atoms with van der Waals surface area (Å²) >= 11 is 0. The molecule has 0 unspecified atom stereocenters. The molecule has 1 aliphatic carbocycles. The van der Waals surface area contributed by atoms with Gasteiger partial charge in [-0.1, -0.05) is 12.1 Å². The summed E-state index contributed by atoms with van der Waals surface area (Å²) in [6.07, 6.45) is -5.53. The van der Waals surface area contributed by atoms with E-state index in [2.05, 4.69) is 16.0 Å². The van der Waals surface area contributed by atoms with E-state index in [9.17, 15) is 49.2 Å². The van der Waals surface area contributed by atoms with E-state index in [1.807, 2.05) is 0 Å². The van der Waals surface area contributed by atoms with E-state index in [0.717, 1.165) is 0 Å².